The van der Waals surface area contributed by atoms with Gasteiger partial charge in [-0.25, -0.2) is 4.79 Å². The Balaban J connectivity index is 3.67. The van der Waals surface area contributed by atoms with Gasteiger partial charge in [0.15, 0.2) is 5.71 Å². The third-order valence-corrected chi connectivity index (χ3v) is 4.31. The van der Waals surface area contributed by atoms with E-state index in [4.69, 9.17) is 9.94 Å². The molecule has 1 N–H and O–H groups in total. The van der Waals surface area contributed by atoms with Crippen LogP contribution in [-0.4, -0.2) is 35.0 Å². The molecule has 0 unspecified atom stereocenters. The summed E-state index contributed by atoms with van der Waals surface area (Å²) in [4.78, 5) is 21.7. The molecule has 0 amide bonds. The molecule has 0 aliphatic carbocycles. The highest BCUT2D eigenvalue weighted by Gasteiger charge is 2.12. The topological polar surface area (TPSA) is 102 Å². The van der Waals surface area contributed by atoms with Gasteiger partial charge in [-0.15, -0.1) is 0 Å². The molecule has 0 aliphatic heterocycles. The smallest absolute Gasteiger partial charge is 0.356 e. The summed E-state index contributed by atoms with van der Waals surface area (Å²) in [5.41, 5.74) is 0.0521. The van der Waals surface area contributed by atoms with Crippen molar-refractivity contribution in [2.75, 3.05) is 13.2 Å². The van der Waals surface area contributed by atoms with E-state index in [9.17, 15) is 14.9 Å². The molecule has 0 bridgehead atoms. The van der Waals surface area contributed by atoms with Gasteiger partial charge in [-0.2, -0.15) is 0 Å². The van der Waals surface area contributed by atoms with Gasteiger partial charge in [0, 0.05) is 17.8 Å². The Labute approximate surface area is 163 Å². The number of esters is 1. The van der Waals surface area contributed by atoms with Gasteiger partial charge in [-0.1, -0.05) is 69.2 Å². The molecule has 0 aromatic rings. The molecule has 7 nitrogen and oxygen atoms in total. The van der Waals surface area contributed by atoms with Crippen LogP contribution >= 0.6 is 0 Å². The Morgan fingerprint density at radius 2 is 1.63 bits per heavy atom. The van der Waals surface area contributed by atoms with Crippen LogP contribution in [0.1, 0.15) is 90.4 Å². The zero-order chi connectivity index (χ0) is 20.2. The highest BCUT2D eigenvalue weighted by atomic mass is 16.6. The van der Waals surface area contributed by atoms with Gasteiger partial charge in [-0.3, -0.25) is 10.1 Å². The molecule has 0 spiro atoms. The Kier molecular flexibility index (Phi) is 17.5. The average Bonchev–Trinajstić information content (AvgIpc) is 2.65. The van der Waals surface area contributed by atoms with E-state index >= 15 is 0 Å². The van der Waals surface area contributed by atoms with Crippen LogP contribution in [0.15, 0.2) is 17.3 Å². The maximum absolute atomic E-state index is 11.8. The van der Waals surface area contributed by atoms with E-state index in [1.165, 1.54) is 25.7 Å². The molecule has 27 heavy (non-hydrogen) atoms. The molecule has 156 valence electrons. The minimum Gasteiger partial charge on any atom is -0.457 e. The Morgan fingerprint density at radius 3 is 2.30 bits per heavy atom. The molecule has 0 saturated carbocycles. The molecule has 0 aromatic carbocycles. The first-order chi connectivity index (χ1) is 13.1. The quantitative estimate of drug-likeness (QED) is 0.0658. The highest BCUT2D eigenvalue weighted by Crippen LogP contribution is 2.09. The number of nitro groups is 1. The summed E-state index contributed by atoms with van der Waals surface area (Å²) in [5, 5.41) is 22.2. The standard InChI is InChI=1S/C20H36N2O5/c1-2-3-4-5-6-9-12-15-18-27-20(23)19(21-24)16-13-10-7-8-11-14-17-22(25)26/h12,15,24H,2-11,13-14,16-18H2,1H3/b15-12+,21-19+. The van der Waals surface area contributed by atoms with Crippen LogP contribution in [0.2, 0.25) is 0 Å². The summed E-state index contributed by atoms with van der Waals surface area (Å²) in [6, 6.07) is 0. The number of nitrogens with zero attached hydrogens (tertiary/aromatic N) is 2. The van der Waals surface area contributed by atoms with Crippen molar-refractivity contribution in [3.05, 3.63) is 22.3 Å². The van der Waals surface area contributed by atoms with E-state index in [1.807, 2.05) is 12.2 Å². The van der Waals surface area contributed by atoms with Crippen molar-refractivity contribution in [1.82, 2.24) is 0 Å². The van der Waals surface area contributed by atoms with Crippen molar-refractivity contribution >= 4 is 11.7 Å². The number of allylic oxidation sites excluding steroid dienone is 1. The summed E-state index contributed by atoms with van der Waals surface area (Å²) in [7, 11) is 0. The zero-order valence-corrected chi connectivity index (χ0v) is 16.7. The number of oxime groups is 1. The molecule has 0 radical (unpaired) electrons. The third kappa shape index (κ3) is 17.3. The lowest BCUT2D eigenvalue weighted by atomic mass is 10.1. The molecule has 0 heterocycles. The first kappa shape index (κ1) is 25.1. The normalized spacial score (nSPS) is 11.8. The molecule has 7 heteroatoms. The van der Waals surface area contributed by atoms with Crippen molar-refractivity contribution in [3.63, 3.8) is 0 Å². The lowest BCUT2D eigenvalue weighted by molar-refractivity contribution is -0.480. The van der Waals surface area contributed by atoms with E-state index in [0.717, 1.165) is 44.9 Å². The fraction of sp³-hybridized carbons (Fsp3) is 0.800. The molecule has 0 aliphatic rings. The lowest BCUT2D eigenvalue weighted by Crippen LogP contribution is -2.17. The second kappa shape index (κ2) is 18.9. The van der Waals surface area contributed by atoms with Crippen molar-refractivity contribution < 1.29 is 19.7 Å². The second-order valence-corrected chi connectivity index (χ2v) is 6.75. The van der Waals surface area contributed by atoms with Gasteiger partial charge in [0.2, 0.25) is 6.54 Å². The minimum absolute atomic E-state index is 0.0282. The number of hydrogen-bond donors (Lipinski definition) is 1. The summed E-state index contributed by atoms with van der Waals surface area (Å²) >= 11 is 0. The molecular weight excluding hydrogens is 348 g/mol. The van der Waals surface area contributed by atoms with Gasteiger partial charge in [0.25, 0.3) is 0 Å². The summed E-state index contributed by atoms with van der Waals surface area (Å²) < 4.78 is 5.09. The van der Waals surface area contributed by atoms with E-state index in [0.29, 0.717) is 12.8 Å². The summed E-state index contributed by atoms with van der Waals surface area (Å²) in [6.07, 6.45) is 16.4. The molecule has 0 aromatic heterocycles. The minimum atomic E-state index is -0.573. The maximum Gasteiger partial charge on any atom is 0.356 e. The fourth-order valence-corrected chi connectivity index (χ4v) is 2.69. The summed E-state index contributed by atoms with van der Waals surface area (Å²) in [6.45, 7) is 2.42. The monoisotopic (exact) mass is 384 g/mol. The molecular formula is C20H36N2O5. The van der Waals surface area contributed by atoms with Crippen molar-refractivity contribution in [2.45, 2.75) is 90.4 Å². The molecule has 0 atom stereocenters. The van der Waals surface area contributed by atoms with Crippen LogP contribution in [0.25, 0.3) is 0 Å². The molecule has 0 saturated heterocycles. The van der Waals surface area contributed by atoms with Crippen LogP contribution in [0.4, 0.5) is 0 Å². The first-order valence-corrected chi connectivity index (χ1v) is 10.3. The zero-order valence-electron chi connectivity index (χ0n) is 16.7. The highest BCUT2D eigenvalue weighted by molar-refractivity contribution is 6.36. The van der Waals surface area contributed by atoms with Gasteiger partial charge >= 0.3 is 5.97 Å². The predicted octanol–water partition coefficient (Wildman–Crippen LogP) is 5.28. The van der Waals surface area contributed by atoms with E-state index in [2.05, 4.69) is 12.1 Å². The Morgan fingerprint density at radius 1 is 1.00 bits per heavy atom. The molecule has 0 fully saturated rings. The number of carbonyl (C=O) groups is 1. The number of hydrogen-bond acceptors (Lipinski definition) is 6. The van der Waals surface area contributed by atoms with E-state index < -0.39 is 5.97 Å². The van der Waals surface area contributed by atoms with Gasteiger partial charge < -0.3 is 9.94 Å². The van der Waals surface area contributed by atoms with Gasteiger partial charge in [0.1, 0.15) is 6.61 Å². The number of unbranched alkanes of at least 4 members (excludes halogenated alkanes) is 10. The summed E-state index contributed by atoms with van der Waals surface area (Å²) in [5.74, 6) is -0.573. The first-order valence-electron chi connectivity index (χ1n) is 10.3. The predicted molar refractivity (Wildman–Crippen MR) is 107 cm³/mol. The van der Waals surface area contributed by atoms with Crippen molar-refractivity contribution in [3.8, 4) is 0 Å². The third-order valence-electron chi connectivity index (χ3n) is 4.31. The SMILES string of the molecule is CCCCCCC/C=C/COC(=O)/C(CCCCCCCC[N+](=O)[O-])=N/O. The second-order valence-electron chi connectivity index (χ2n) is 6.75. The van der Waals surface area contributed by atoms with Crippen LogP contribution in [0, 0.1) is 10.1 Å². The fourth-order valence-electron chi connectivity index (χ4n) is 2.69. The van der Waals surface area contributed by atoms with E-state index in [1.54, 1.807) is 0 Å². The number of ether oxygens (including phenoxy) is 1. The van der Waals surface area contributed by atoms with Crippen molar-refractivity contribution in [1.29, 1.82) is 0 Å². The molecule has 0 rings (SSSR count). The van der Waals surface area contributed by atoms with Gasteiger partial charge in [-0.05, 0) is 25.7 Å². The van der Waals surface area contributed by atoms with E-state index in [-0.39, 0.29) is 23.8 Å². The largest absolute Gasteiger partial charge is 0.457 e. The number of carbonyl (C=O) groups excluding carboxylic acids is 1. The Bertz CT molecular complexity index is 450. The number of rotatable bonds is 18. The van der Waals surface area contributed by atoms with Crippen LogP contribution in [0.3, 0.4) is 0 Å². The maximum atomic E-state index is 11.8. The van der Waals surface area contributed by atoms with Crippen LogP contribution in [-0.2, 0) is 9.53 Å². The van der Waals surface area contributed by atoms with Crippen molar-refractivity contribution in [2.24, 2.45) is 5.16 Å². The van der Waals surface area contributed by atoms with Crippen LogP contribution in [0.5, 0.6) is 0 Å². The van der Waals surface area contributed by atoms with Gasteiger partial charge in [0.05, 0.1) is 0 Å². The van der Waals surface area contributed by atoms with Crippen LogP contribution < -0.4 is 0 Å². The lowest BCUT2D eigenvalue weighted by Gasteiger charge is -2.04. The average molecular weight is 385 g/mol. The Hall–Kier alpha value is -1.92.